The Morgan fingerprint density at radius 2 is 1.95 bits per heavy atom. The van der Waals surface area contributed by atoms with E-state index in [1.54, 1.807) is 32.9 Å². The number of carbonyl (C=O) groups excluding carboxylic acids is 1. The Kier molecular flexibility index (Phi) is 8.15. The summed E-state index contributed by atoms with van der Waals surface area (Å²) in [7, 11) is -1.38. The number of carbonyl (C=O) groups is 1. The van der Waals surface area contributed by atoms with Crippen LogP contribution in [0.5, 0.6) is 0 Å². The third-order valence-electron chi connectivity index (χ3n) is 6.77. The van der Waals surface area contributed by atoms with Gasteiger partial charge in [-0.2, -0.15) is 9.65 Å². The van der Waals surface area contributed by atoms with Crippen LogP contribution in [-0.4, -0.2) is 50.6 Å². The fraction of sp³-hybridized carbons (Fsp3) is 0.467. The molecular weight excluding hydrogens is 541 g/mol. The molecule has 1 atom stereocenters. The molecule has 11 heteroatoms. The molecule has 4 rings (SSSR count). The van der Waals surface area contributed by atoms with Crippen molar-refractivity contribution in [1.29, 1.82) is 5.26 Å². The lowest BCUT2D eigenvalue weighted by Gasteiger charge is -2.25. The van der Waals surface area contributed by atoms with Crippen LogP contribution in [0.3, 0.4) is 0 Å². The van der Waals surface area contributed by atoms with Gasteiger partial charge in [-0.05, 0) is 63.4 Å². The van der Waals surface area contributed by atoms with Gasteiger partial charge in [-0.1, -0.05) is 32.6 Å². The standard InChI is InChI=1S/C30H38FN5O4Si/c1-9-21-14-19(2)25-22(10-11-35(25)28(37)40-29(3,4)5)24(21)30(31,38)27-34-23-15-20(16-32)17-33-26(23)36(27)18-39-12-13-41(6,7)8/h10-11,14-15,17,38H,9,12-13,18H2,1-8H3. The first-order valence-corrected chi connectivity index (χ1v) is 17.4. The van der Waals surface area contributed by atoms with Gasteiger partial charge in [0.25, 0.3) is 5.85 Å². The maximum atomic E-state index is 17.1. The van der Waals surface area contributed by atoms with E-state index in [4.69, 9.17) is 9.47 Å². The Morgan fingerprint density at radius 1 is 1.24 bits per heavy atom. The summed E-state index contributed by atoms with van der Waals surface area (Å²) in [6, 6.07) is 7.81. The Labute approximate surface area is 240 Å². The van der Waals surface area contributed by atoms with E-state index in [1.165, 1.54) is 27.6 Å². The Morgan fingerprint density at radius 3 is 2.56 bits per heavy atom. The number of imidazole rings is 1. The molecule has 0 amide bonds. The molecule has 0 aliphatic carbocycles. The average Bonchev–Trinajstić information content (AvgIpc) is 3.47. The maximum Gasteiger partial charge on any atom is 0.419 e. The molecule has 1 unspecified atom stereocenters. The third kappa shape index (κ3) is 6.20. The zero-order chi connectivity index (χ0) is 30.3. The van der Waals surface area contributed by atoms with Crippen molar-refractivity contribution in [2.24, 2.45) is 0 Å². The summed E-state index contributed by atoms with van der Waals surface area (Å²) in [4.78, 5) is 21.8. The van der Waals surface area contributed by atoms with Crippen LogP contribution in [0.2, 0.25) is 25.7 Å². The number of alkyl halides is 1. The van der Waals surface area contributed by atoms with E-state index in [-0.39, 0.29) is 34.8 Å². The number of aliphatic hydroxyl groups is 1. The molecule has 0 fully saturated rings. The van der Waals surface area contributed by atoms with Crippen molar-refractivity contribution in [2.45, 2.75) is 84.9 Å². The van der Waals surface area contributed by atoms with Crippen LogP contribution >= 0.6 is 0 Å². The fourth-order valence-corrected chi connectivity index (χ4v) is 5.59. The zero-order valence-corrected chi connectivity index (χ0v) is 26.0. The highest BCUT2D eigenvalue weighted by atomic mass is 28.3. The first-order chi connectivity index (χ1) is 19.1. The average molecular weight is 580 g/mol. The van der Waals surface area contributed by atoms with E-state index in [0.29, 0.717) is 29.5 Å². The van der Waals surface area contributed by atoms with Gasteiger partial charge in [-0.3, -0.25) is 9.13 Å². The maximum absolute atomic E-state index is 17.1. The lowest BCUT2D eigenvalue weighted by molar-refractivity contribution is -0.0684. The van der Waals surface area contributed by atoms with E-state index in [2.05, 4.69) is 29.6 Å². The van der Waals surface area contributed by atoms with Crippen LogP contribution < -0.4 is 0 Å². The van der Waals surface area contributed by atoms with Gasteiger partial charge in [0, 0.05) is 38.0 Å². The number of hydrogen-bond donors (Lipinski definition) is 1. The second-order valence-electron chi connectivity index (χ2n) is 12.5. The van der Waals surface area contributed by atoms with Gasteiger partial charge in [0.15, 0.2) is 11.5 Å². The minimum absolute atomic E-state index is 0.0120. The van der Waals surface area contributed by atoms with Crippen molar-refractivity contribution in [3.05, 3.63) is 58.7 Å². The molecule has 0 aliphatic rings. The molecule has 3 aromatic heterocycles. The first kappa shape index (κ1) is 30.4. The van der Waals surface area contributed by atoms with Gasteiger partial charge in [0.05, 0.1) is 11.1 Å². The SMILES string of the molecule is CCc1cc(C)c2c(ccn2C(=O)OC(C)(C)C)c1C(O)(F)c1nc2cc(C#N)cnc2n1COCC[Si](C)(C)C. The summed E-state index contributed by atoms with van der Waals surface area (Å²) in [5.74, 6) is -3.40. The van der Waals surface area contributed by atoms with Crippen molar-refractivity contribution in [3.63, 3.8) is 0 Å². The highest BCUT2D eigenvalue weighted by Gasteiger charge is 2.42. The second kappa shape index (κ2) is 11.0. The summed E-state index contributed by atoms with van der Waals surface area (Å²) in [5.41, 5.74) is 1.79. The van der Waals surface area contributed by atoms with Crippen LogP contribution in [0.25, 0.3) is 22.1 Å². The van der Waals surface area contributed by atoms with E-state index in [9.17, 15) is 15.2 Å². The number of aryl methyl sites for hydroxylation is 2. The number of hydrogen-bond acceptors (Lipinski definition) is 7. The largest absolute Gasteiger partial charge is 0.443 e. The fourth-order valence-electron chi connectivity index (χ4n) is 4.84. The van der Waals surface area contributed by atoms with Crippen molar-refractivity contribution >= 4 is 36.2 Å². The third-order valence-corrected chi connectivity index (χ3v) is 8.47. The number of nitrogens with zero attached hydrogens (tertiary/aromatic N) is 5. The van der Waals surface area contributed by atoms with Crippen LogP contribution in [0.1, 0.15) is 55.8 Å². The van der Waals surface area contributed by atoms with E-state index in [0.717, 1.165) is 11.6 Å². The smallest absolute Gasteiger partial charge is 0.419 e. The van der Waals surface area contributed by atoms with Gasteiger partial charge in [0.2, 0.25) is 0 Å². The number of halogens is 1. The number of fused-ring (bicyclic) bond motifs is 2. The molecule has 9 nitrogen and oxygen atoms in total. The highest BCUT2D eigenvalue weighted by molar-refractivity contribution is 6.76. The molecule has 1 N–H and O–H groups in total. The van der Waals surface area contributed by atoms with Crippen LogP contribution in [0.15, 0.2) is 30.6 Å². The molecule has 4 aromatic rings. The number of nitriles is 1. The molecule has 0 bridgehead atoms. The number of rotatable bonds is 8. The summed E-state index contributed by atoms with van der Waals surface area (Å²) < 4.78 is 31.4. The summed E-state index contributed by atoms with van der Waals surface area (Å²) in [6.07, 6.45) is 2.71. The number of ether oxygens (including phenoxy) is 2. The normalized spacial score (nSPS) is 13.9. The van der Waals surface area contributed by atoms with E-state index >= 15 is 4.39 Å². The molecule has 0 aliphatic heterocycles. The van der Waals surface area contributed by atoms with E-state index < -0.39 is 25.6 Å². The molecule has 0 saturated heterocycles. The van der Waals surface area contributed by atoms with Crippen molar-refractivity contribution < 1.29 is 23.8 Å². The van der Waals surface area contributed by atoms with Gasteiger partial charge in [0.1, 0.15) is 23.9 Å². The predicted molar refractivity (Wildman–Crippen MR) is 158 cm³/mol. The topological polar surface area (TPSA) is 115 Å². The first-order valence-electron chi connectivity index (χ1n) is 13.7. The molecular formula is C30H38FN5O4Si. The minimum atomic E-state index is -3.09. The van der Waals surface area contributed by atoms with Gasteiger partial charge in [-0.15, -0.1) is 0 Å². The van der Waals surface area contributed by atoms with Crippen molar-refractivity contribution in [3.8, 4) is 6.07 Å². The lowest BCUT2D eigenvalue weighted by atomic mass is 9.92. The molecule has 0 saturated carbocycles. The lowest BCUT2D eigenvalue weighted by Crippen LogP contribution is -2.29. The van der Waals surface area contributed by atoms with Crippen molar-refractivity contribution in [2.75, 3.05) is 6.61 Å². The van der Waals surface area contributed by atoms with E-state index in [1.807, 2.05) is 19.9 Å². The zero-order valence-electron chi connectivity index (χ0n) is 25.0. The highest BCUT2D eigenvalue weighted by Crippen LogP contribution is 2.41. The minimum Gasteiger partial charge on any atom is -0.443 e. The predicted octanol–water partition coefficient (Wildman–Crippen LogP) is 6.39. The second-order valence-corrected chi connectivity index (χ2v) is 18.1. The number of aromatic nitrogens is 4. The van der Waals surface area contributed by atoms with Crippen LogP contribution in [-0.2, 0) is 28.5 Å². The summed E-state index contributed by atoms with van der Waals surface area (Å²) in [6.45, 7) is 16.1. The van der Waals surface area contributed by atoms with Crippen LogP contribution in [0, 0.1) is 18.3 Å². The Hall–Kier alpha value is -3.59. The number of pyridine rings is 1. The summed E-state index contributed by atoms with van der Waals surface area (Å²) >= 11 is 0. The molecule has 3 heterocycles. The molecule has 1 aromatic carbocycles. The number of benzene rings is 1. The Balaban J connectivity index is 1.91. The monoisotopic (exact) mass is 579 g/mol. The van der Waals surface area contributed by atoms with Crippen LogP contribution in [0.4, 0.5) is 9.18 Å². The van der Waals surface area contributed by atoms with Gasteiger partial charge in [-0.25, -0.2) is 14.8 Å². The molecule has 41 heavy (non-hydrogen) atoms. The Bertz CT molecular complexity index is 1650. The molecule has 0 radical (unpaired) electrons. The molecule has 218 valence electrons. The van der Waals surface area contributed by atoms with Gasteiger partial charge >= 0.3 is 6.09 Å². The van der Waals surface area contributed by atoms with Gasteiger partial charge < -0.3 is 14.6 Å². The van der Waals surface area contributed by atoms with Crippen molar-refractivity contribution in [1.82, 2.24) is 19.1 Å². The molecule has 0 spiro atoms. The quantitative estimate of drug-likeness (QED) is 0.190. The summed E-state index contributed by atoms with van der Waals surface area (Å²) in [5, 5.41) is 21.5.